The summed E-state index contributed by atoms with van der Waals surface area (Å²) in [5.74, 6) is 1.26. The molecule has 1 aromatic heterocycles. The standard InChI is InChI=1S/C24H22N6/c1-16-2-9-20(10-3-16)28-24-29-22-14-19(18-6-4-17(15-26)5-7-18)8-11-21(22)23(30-24)27-13-12-25/h2-11,14H,12-13,25H2,1H3,(H2,27,28,29,30). The molecule has 0 unspecified atom stereocenters. The monoisotopic (exact) mass is 394 g/mol. The maximum Gasteiger partial charge on any atom is 0.229 e. The number of rotatable bonds is 6. The molecule has 0 atom stereocenters. The van der Waals surface area contributed by atoms with Crippen LogP contribution in [0.5, 0.6) is 0 Å². The molecular weight excluding hydrogens is 372 g/mol. The van der Waals surface area contributed by atoms with Crippen molar-refractivity contribution in [3.8, 4) is 17.2 Å². The molecule has 0 fully saturated rings. The normalized spacial score (nSPS) is 10.6. The highest BCUT2D eigenvalue weighted by Crippen LogP contribution is 2.29. The number of nitrogens with zero attached hydrogens (tertiary/aromatic N) is 3. The van der Waals surface area contributed by atoms with Crippen molar-refractivity contribution in [1.29, 1.82) is 5.26 Å². The van der Waals surface area contributed by atoms with Crippen LogP contribution in [0.1, 0.15) is 11.1 Å². The summed E-state index contributed by atoms with van der Waals surface area (Å²) in [7, 11) is 0. The van der Waals surface area contributed by atoms with Gasteiger partial charge in [0.25, 0.3) is 0 Å². The van der Waals surface area contributed by atoms with Gasteiger partial charge in [-0.05, 0) is 54.4 Å². The van der Waals surface area contributed by atoms with E-state index in [4.69, 9.17) is 16.0 Å². The summed E-state index contributed by atoms with van der Waals surface area (Å²) in [6.45, 7) is 3.18. The van der Waals surface area contributed by atoms with E-state index in [1.807, 2.05) is 66.7 Å². The van der Waals surface area contributed by atoms with Gasteiger partial charge in [0, 0.05) is 24.2 Å². The molecule has 4 N–H and O–H groups in total. The Hall–Kier alpha value is -3.95. The molecule has 1 heterocycles. The van der Waals surface area contributed by atoms with Gasteiger partial charge in [-0.3, -0.25) is 0 Å². The maximum absolute atomic E-state index is 9.02. The fourth-order valence-electron chi connectivity index (χ4n) is 3.19. The summed E-state index contributed by atoms with van der Waals surface area (Å²) in [5, 5.41) is 16.5. The Labute approximate surface area is 175 Å². The number of hydrogen-bond donors (Lipinski definition) is 3. The van der Waals surface area contributed by atoms with Gasteiger partial charge in [0.15, 0.2) is 0 Å². The highest BCUT2D eigenvalue weighted by molar-refractivity contribution is 5.93. The molecule has 0 saturated heterocycles. The van der Waals surface area contributed by atoms with E-state index in [0.717, 1.165) is 33.5 Å². The molecule has 0 radical (unpaired) electrons. The van der Waals surface area contributed by atoms with Crippen LogP contribution in [0, 0.1) is 18.3 Å². The summed E-state index contributed by atoms with van der Waals surface area (Å²) >= 11 is 0. The van der Waals surface area contributed by atoms with Crippen LogP contribution >= 0.6 is 0 Å². The number of nitrogens with two attached hydrogens (primary N) is 1. The molecule has 3 aromatic carbocycles. The average molecular weight is 394 g/mol. The van der Waals surface area contributed by atoms with Gasteiger partial charge in [-0.2, -0.15) is 10.2 Å². The smallest absolute Gasteiger partial charge is 0.229 e. The second-order valence-corrected chi connectivity index (χ2v) is 7.02. The van der Waals surface area contributed by atoms with Crippen molar-refractivity contribution < 1.29 is 0 Å². The molecule has 0 bridgehead atoms. The first-order chi connectivity index (χ1) is 14.7. The van der Waals surface area contributed by atoms with Gasteiger partial charge < -0.3 is 16.4 Å². The molecule has 4 rings (SSSR count). The zero-order valence-electron chi connectivity index (χ0n) is 16.7. The Bertz CT molecular complexity index is 1210. The molecule has 6 nitrogen and oxygen atoms in total. The van der Waals surface area contributed by atoms with Gasteiger partial charge in [0.1, 0.15) is 5.82 Å². The lowest BCUT2D eigenvalue weighted by Crippen LogP contribution is -2.14. The zero-order chi connectivity index (χ0) is 20.9. The van der Waals surface area contributed by atoms with Crippen molar-refractivity contribution in [2.24, 2.45) is 5.73 Å². The van der Waals surface area contributed by atoms with Crippen molar-refractivity contribution in [1.82, 2.24) is 9.97 Å². The summed E-state index contributed by atoms with van der Waals surface area (Å²) in [6.07, 6.45) is 0. The van der Waals surface area contributed by atoms with E-state index in [1.165, 1.54) is 5.56 Å². The lowest BCUT2D eigenvalue weighted by Gasteiger charge is -2.13. The fraction of sp³-hybridized carbons (Fsp3) is 0.125. The van der Waals surface area contributed by atoms with E-state index in [0.29, 0.717) is 24.6 Å². The quantitative estimate of drug-likeness (QED) is 0.442. The number of aromatic nitrogens is 2. The predicted molar refractivity (Wildman–Crippen MR) is 122 cm³/mol. The summed E-state index contributed by atoms with van der Waals surface area (Å²) in [5.41, 5.74) is 11.3. The molecule has 6 heteroatoms. The van der Waals surface area contributed by atoms with Gasteiger partial charge in [0.2, 0.25) is 5.95 Å². The van der Waals surface area contributed by atoms with Crippen LogP contribution in [-0.2, 0) is 0 Å². The van der Waals surface area contributed by atoms with Crippen LogP contribution in [-0.4, -0.2) is 23.1 Å². The van der Waals surface area contributed by atoms with E-state index in [-0.39, 0.29) is 0 Å². The molecule has 4 aromatic rings. The SMILES string of the molecule is Cc1ccc(Nc2nc(NCCN)c3ccc(-c4ccc(C#N)cc4)cc3n2)cc1. The van der Waals surface area contributed by atoms with Gasteiger partial charge in [-0.1, -0.05) is 35.9 Å². The predicted octanol–water partition coefficient (Wildman–Crippen LogP) is 4.59. The molecule has 0 aliphatic heterocycles. The lowest BCUT2D eigenvalue weighted by atomic mass is 10.0. The van der Waals surface area contributed by atoms with Gasteiger partial charge in [-0.25, -0.2) is 4.98 Å². The van der Waals surface area contributed by atoms with E-state index in [2.05, 4.69) is 28.6 Å². The van der Waals surface area contributed by atoms with E-state index in [1.54, 1.807) is 0 Å². The topological polar surface area (TPSA) is 99.6 Å². The highest BCUT2D eigenvalue weighted by Gasteiger charge is 2.10. The van der Waals surface area contributed by atoms with Crippen LogP contribution in [0.2, 0.25) is 0 Å². The Morgan fingerprint density at radius 2 is 1.67 bits per heavy atom. The minimum absolute atomic E-state index is 0.509. The minimum Gasteiger partial charge on any atom is -0.368 e. The summed E-state index contributed by atoms with van der Waals surface area (Å²) < 4.78 is 0. The summed E-state index contributed by atoms with van der Waals surface area (Å²) in [4.78, 5) is 9.39. The highest BCUT2D eigenvalue weighted by atomic mass is 15.1. The van der Waals surface area contributed by atoms with Crippen molar-refractivity contribution in [3.63, 3.8) is 0 Å². The first-order valence-corrected chi connectivity index (χ1v) is 9.76. The molecule has 0 amide bonds. The second-order valence-electron chi connectivity index (χ2n) is 7.02. The van der Waals surface area contributed by atoms with E-state index in [9.17, 15) is 0 Å². The third-order valence-corrected chi connectivity index (χ3v) is 4.79. The lowest BCUT2D eigenvalue weighted by molar-refractivity contribution is 1.01. The van der Waals surface area contributed by atoms with Gasteiger partial charge in [-0.15, -0.1) is 0 Å². The molecule has 0 spiro atoms. The molecule has 0 aliphatic rings. The van der Waals surface area contributed by atoms with Crippen LogP contribution in [0.3, 0.4) is 0 Å². The first-order valence-electron chi connectivity index (χ1n) is 9.76. The number of nitrogens with one attached hydrogen (secondary N) is 2. The summed E-state index contributed by atoms with van der Waals surface area (Å²) in [6, 6.07) is 23.8. The van der Waals surface area contributed by atoms with Crippen LogP contribution in [0.15, 0.2) is 66.7 Å². The number of nitriles is 1. The molecule has 148 valence electrons. The largest absolute Gasteiger partial charge is 0.368 e. The molecule has 0 aliphatic carbocycles. The maximum atomic E-state index is 9.02. The Morgan fingerprint density at radius 3 is 2.37 bits per heavy atom. The third kappa shape index (κ3) is 4.22. The number of anilines is 3. The fourth-order valence-corrected chi connectivity index (χ4v) is 3.19. The first kappa shape index (κ1) is 19.4. The van der Waals surface area contributed by atoms with Crippen LogP contribution < -0.4 is 16.4 Å². The minimum atomic E-state index is 0.509. The van der Waals surface area contributed by atoms with Crippen molar-refractivity contribution in [3.05, 3.63) is 77.9 Å². The zero-order valence-corrected chi connectivity index (χ0v) is 16.7. The molecule has 30 heavy (non-hydrogen) atoms. The Kier molecular flexibility index (Phi) is 5.55. The van der Waals surface area contributed by atoms with Crippen molar-refractivity contribution in [2.75, 3.05) is 23.7 Å². The number of fused-ring (bicyclic) bond motifs is 1. The average Bonchev–Trinajstić information content (AvgIpc) is 2.78. The second kappa shape index (κ2) is 8.60. The van der Waals surface area contributed by atoms with Crippen molar-refractivity contribution >= 4 is 28.4 Å². The Morgan fingerprint density at radius 1 is 0.933 bits per heavy atom. The third-order valence-electron chi connectivity index (χ3n) is 4.79. The number of aryl methyl sites for hydroxylation is 1. The molecule has 0 saturated carbocycles. The molecular formula is C24H22N6. The van der Waals surface area contributed by atoms with Gasteiger partial charge >= 0.3 is 0 Å². The Balaban J connectivity index is 1.75. The van der Waals surface area contributed by atoms with Crippen LogP contribution in [0.25, 0.3) is 22.0 Å². The van der Waals surface area contributed by atoms with E-state index < -0.39 is 0 Å². The number of hydrogen-bond acceptors (Lipinski definition) is 6. The van der Waals surface area contributed by atoms with E-state index >= 15 is 0 Å². The van der Waals surface area contributed by atoms with Crippen LogP contribution in [0.4, 0.5) is 17.5 Å². The van der Waals surface area contributed by atoms with Gasteiger partial charge in [0.05, 0.1) is 17.1 Å². The van der Waals surface area contributed by atoms with Crippen molar-refractivity contribution in [2.45, 2.75) is 6.92 Å². The number of benzene rings is 3.